The maximum atomic E-state index is 12.2. The van der Waals surface area contributed by atoms with Crippen LogP contribution in [-0.4, -0.2) is 72.7 Å². The van der Waals surface area contributed by atoms with E-state index in [1.54, 1.807) is 0 Å². The molecule has 1 atom stereocenters. The number of β-amino-alcohol motifs (C(OH)–C–C–N with tert-alkyl or cyclic N) is 1. The Morgan fingerprint density at radius 2 is 1.94 bits per heavy atom. The van der Waals surface area contributed by atoms with Crippen molar-refractivity contribution in [3.8, 4) is 0 Å². The monoisotopic (exact) mass is 277 g/mol. The number of aliphatic hydroxyl groups is 1. The third kappa shape index (κ3) is 4.09. The molecular weight excluding hydrogens is 254 g/mol. The van der Waals surface area contributed by atoms with Gasteiger partial charge in [0.15, 0.2) is 0 Å². The van der Waals surface area contributed by atoms with Gasteiger partial charge in [-0.05, 0) is 19.4 Å². The predicted molar refractivity (Wildman–Crippen MR) is 73.0 cm³/mol. The summed E-state index contributed by atoms with van der Waals surface area (Å²) >= 11 is 0. The van der Waals surface area contributed by atoms with Crippen LogP contribution < -0.4 is 5.32 Å². The number of piperidine rings is 1. The van der Waals surface area contributed by atoms with E-state index in [4.69, 9.17) is 5.11 Å². The standard InChI is InChI=1S/C12H23N3O2.ClH/c16-10-9-14-5-7-15(8-6-14)12(17)11-3-1-2-4-13-11;/h11,13,16H,1-10H2;1H/t11-;/m0./s1. The molecule has 2 aliphatic rings. The van der Waals surface area contributed by atoms with Gasteiger partial charge in [-0.15, -0.1) is 12.4 Å². The first-order valence-corrected chi connectivity index (χ1v) is 6.66. The summed E-state index contributed by atoms with van der Waals surface area (Å²) in [5.74, 6) is 0.272. The third-order valence-electron chi connectivity index (χ3n) is 3.71. The van der Waals surface area contributed by atoms with E-state index in [2.05, 4.69) is 10.2 Å². The molecule has 0 unspecified atom stereocenters. The molecular formula is C12H24ClN3O2. The summed E-state index contributed by atoms with van der Waals surface area (Å²) in [5.41, 5.74) is 0. The fourth-order valence-electron chi connectivity index (χ4n) is 2.62. The second kappa shape index (κ2) is 7.94. The Morgan fingerprint density at radius 1 is 1.22 bits per heavy atom. The van der Waals surface area contributed by atoms with Gasteiger partial charge in [0.1, 0.15) is 0 Å². The average molecular weight is 278 g/mol. The van der Waals surface area contributed by atoms with Crippen molar-refractivity contribution < 1.29 is 9.90 Å². The molecule has 2 N–H and O–H groups in total. The SMILES string of the molecule is Cl.O=C([C@@H]1CCCCN1)N1CCN(CCO)CC1. The number of aliphatic hydroxyl groups excluding tert-OH is 1. The quantitative estimate of drug-likeness (QED) is 0.743. The van der Waals surface area contributed by atoms with E-state index in [-0.39, 0.29) is 31.0 Å². The molecule has 0 aromatic heterocycles. The highest BCUT2D eigenvalue weighted by atomic mass is 35.5. The van der Waals surface area contributed by atoms with Crippen LogP contribution in [0.25, 0.3) is 0 Å². The van der Waals surface area contributed by atoms with Gasteiger partial charge in [-0.1, -0.05) is 6.42 Å². The molecule has 2 fully saturated rings. The third-order valence-corrected chi connectivity index (χ3v) is 3.71. The van der Waals surface area contributed by atoms with Crippen molar-refractivity contribution in [1.29, 1.82) is 0 Å². The van der Waals surface area contributed by atoms with Crippen LogP contribution in [0.3, 0.4) is 0 Å². The summed E-state index contributed by atoms with van der Waals surface area (Å²) in [6.07, 6.45) is 3.33. The number of rotatable bonds is 3. The topological polar surface area (TPSA) is 55.8 Å². The van der Waals surface area contributed by atoms with E-state index in [1.165, 1.54) is 6.42 Å². The van der Waals surface area contributed by atoms with E-state index in [9.17, 15) is 4.79 Å². The largest absolute Gasteiger partial charge is 0.395 e. The highest BCUT2D eigenvalue weighted by molar-refractivity contribution is 5.85. The van der Waals surface area contributed by atoms with Gasteiger partial charge in [-0.2, -0.15) is 0 Å². The summed E-state index contributed by atoms with van der Waals surface area (Å²) < 4.78 is 0. The van der Waals surface area contributed by atoms with Gasteiger partial charge in [0, 0.05) is 32.7 Å². The lowest BCUT2D eigenvalue weighted by atomic mass is 10.0. The zero-order valence-electron chi connectivity index (χ0n) is 10.8. The zero-order chi connectivity index (χ0) is 12.1. The van der Waals surface area contributed by atoms with Crippen molar-refractivity contribution in [2.24, 2.45) is 0 Å². The molecule has 0 aromatic rings. The second-order valence-electron chi connectivity index (χ2n) is 4.89. The molecule has 0 aliphatic carbocycles. The Kier molecular flexibility index (Phi) is 6.92. The number of piperazine rings is 1. The van der Waals surface area contributed by atoms with Crippen molar-refractivity contribution in [3.63, 3.8) is 0 Å². The van der Waals surface area contributed by atoms with Crippen molar-refractivity contribution in [1.82, 2.24) is 15.1 Å². The minimum atomic E-state index is 0. The molecule has 6 heteroatoms. The van der Waals surface area contributed by atoms with Gasteiger partial charge < -0.3 is 15.3 Å². The first kappa shape index (κ1) is 15.7. The molecule has 2 saturated heterocycles. The first-order valence-electron chi connectivity index (χ1n) is 6.66. The molecule has 5 nitrogen and oxygen atoms in total. The fourth-order valence-corrected chi connectivity index (χ4v) is 2.62. The molecule has 2 aliphatic heterocycles. The molecule has 106 valence electrons. The van der Waals surface area contributed by atoms with Crippen molar-refractivity contribution in [3.05, 3.63) is 0 Å². The molecule has 2 rings (SSSR count). The van der Waals surface area contributed by atoms with E-state index in [1.807, 2.05) is 4.90 Å². The van der Waals surface area contributed by atoms with Crippen LogP contribution in [0.15, 0.2) is 0 Å². The van der Waals surface area contributed by atoms with Gasteiger partial charge in [0.2, 0.25) is 5.91 Å². The summed E-state index contributed by atoms with van der Waals surface area (Å²) in [4.78, 5) is 16.4. The molecule has 0 spiro atoms. The van der Waals surface area contributed by atoms with Gasteiger partial charge in [0.05, 0.1) is 12.6 Å². The number of amides is 1. The van der Waals surface area contributed by atoms with Gasteiger partial charge >= 0.3 is 0 Å². The second-order valence-corrected chi connectivity index (χ2v) is 4.89. The lowest BCUT2D eigenvalue weighted by Crippen LogP contribution is -2.55. The fraction of sp³-hybridized carbons (Fsp3) is 0.917. The summed E-state index contributed by atoms with van der Waals surface area (Å²) in [7, 11) is 0. The van der Waals surface area contributed by atoms with Crippen LogP contribution in [-0.2, 0) is 4.79 Å². The van der Waals surface area contributed by atoms with Crippen LogP contribution in [0, 0.1) is 0 Å². The number of nitrogens with one attached hydrogen (secondary N) is 1. The molecule has 0 bridgehead atoms. The van der Waals surface area contributed by atoms with E-state index >= 15 is 0 Å². The first-order chi connectivity index (χ1) is 8.31. The number of carbonyl (C=O) groups is 1. The number of carbonyl (C=O) groups excluding carboxylic acids is 1. The van der Waals surface area contributed by atoms with Gasteiger partial charge in [-0.3, -0.25) is 9.69 Å². The van der Waals surface area contributed by atoms with Crippen LogP contribution >= 0.6 is 12.4 Å². The lowest BCUT2D eigenvalue weighted by Gasteiger charge is -2.37. The summed E-state index contributed by atoms with van der Waals surface area (Å²) in [6, 6.07) is 0.0492. The van der Waals surface area contributed by atoms with E-state index < -0.39 is 0 Å². The Labute approximate surface area is 115 Å². The lowest BCUT2D eigenvalue weighted by molar-refractivity contribution is -0.135. The molecule has 18 heavy (non-hydrogen) atoms. The van der Waals surface area contributed by atoms with Gasteiger partial charge in [-0.25, -0.2) is 0 Å². The normalized spacial score (nSPS) is 25.6. The molecule has 2 heterocycles. The maximum absolute atomic E-state index is 12.2. The average Bonchev–Trinajstić information content (AvgIpc) is 2.40. The highest BCUT2D eigenvalue weighted by Crippen LogP contribution is 2.11. The molecule has 1 amide bonds. The smallest absolute Gasteiger partial charge is 0.239 e. The van der Waals surface area contributed by atoms with Crippen LogP contribution in [0.1, 0.15) is 19.3 Å². The zero-order valence-corrected chi connectivity index (χ0v) is 11.6. The number of hydrogen-bond donors (Lipinski definition) is 2. The van der Waals surface area contributed by atoms with Crippen LogP contribution in [0.2, 0.25) is 0 Å². The molecule has 0 saturated carbocycles. The number of nitrogens with zero attached hydrogens (tertiary/aromatic N) is 2. The molecule has 0 aromatic carbocycles. The maximum Gasteiger partial charge on any atom is 0.239 e. The Balaban J connectivity index is 0.00000162. The predicted octanol–water partition coefficient (Wildman–Crippen LogP) is -0.313. The summed E-state index contributed by atoms with van der Waals surface area (Å²) in [5, 5.41) is 12.2. The number of halogens is 1. The van der Waals surface area contributed by atoms with Crippen molar-refractivity contribution >= 4 is 18.3 Å². The van der Waals surface area contributed by atoms with E-state index in [0.717, 1.165) is 52.1 Å². The minimum Gasteiger partial charge on any atom is -0.395 e. The number of hydrogen-bond acceptors (Lipinski definition) is 4. The Morgan fingerprint density at radius 3 is 2.50 bits per heavy atom. The molecule has 0 radical (unpaired) electrons. The van der Waals surface area contributed by atoms with Crippen molar-refractivity contribution in [2.45, 2.75) is 25.3 Å². The Bertz CT molecular complexity index is 252. The van der Waals surface area contributed by atoms with Crippen molar-refractivity contribution in [2.75, 3.05) is 45.9 Å². The van der Waals surface area contributed by atoms with E-state index in [0.29, 0.717) is 0 Å². The Hall–Kier alpha value is -0.360. The van der Waals surface area contributed by atoms with Crippen LogP contribution in [0.4, 0.5) is 0 Å². The van der Waals surface area contributed by atoms with Crippen LogP contribution in [0.5, 0.6) is 0 Å². The highest BCUT2D eigenvalue weighted by Gasteiger charge is 2.27. The summed E-state index contributed by atoms with van der Waals surface area (Å²) in [6.45, 7) is 5.29. The van der Waals surface area contributed by atoms with Gasteiger partial charge in [0.25, 0.3) is 0 Å². The minimum absolute atomic E-state index is 0.